The average Bonchev–Trinajstić information content (AvgIpc) is 2.71. The van der Waals surface area contributed by atoms with Gasteiger partial charge in [0.25, 0.3) is 0 Å². The van der Waals surface area contributed by atoms with Crippen LogP contribution in [0.4, 0.5) is 0 Å². The lowest BCUT2D eigenvalue weighted by molar-refractivity contribution is -0.145. The Morgan fingerprint density at radius 2 is 1.86 bits per heavy atom. The molecule has 2 heterocycles. The van der Waals surface area contributed by atoms with Gasteiger partial charge in [-0.1, -0.05) is 0 Å². The number of aliphatic imine (C=N–C) groups is 1. The first-order valence-corrected chi connectivity index (χ1v) is 7.89. The SMILES string of the molecule is CN1CCCN(C(N)=NCN2CCC(N)(C(=O)O)CC2)CC1. The summed E-state index contributed by atoms with van der Waals surface area (Å²) in [5.74, 6) is -0.332. The summed E-state index contributed by atoms with van der Waals surface area (Å²) >= 11 is 0. The summed E-state index contributed by atoms with van der Waals surface area (Å²) in [7, 11) is 2.12. The van der Waals surface area contributed by atoms with Crippen molar-refractivity contribution < 1.29 is 9.90 Å². The zero-order valence-electron chi connectivity index (χ0n) is 13.4. The van der Waals surface area contributed by atoms with E-state index in [9.17, 15) is 4.79 Å². The standard InChI is InChI=1S/C14H28N6O2/c1-18-5-2-6-20(10-9-18)13(15)17-11-19-7-3-14(16,4-8-19)12(21)22/h2-11,16H2,1H3,(H2,15,17)(H,21,22). The number of rotatable bonds is 3. The topological polar surface area (TPSA) is 111 Å². The smallest absolute Gasteiger partial charge is 0.323 e. The Balaban J connectivity index is 1.81. The van der Waals surface area contributed by atoms with Crippen LogP contribution in [0, 0.1) is 0 Å². The fourth-order valence-corrected chi connectivity index (χ4v) is 2.86. The Labute approximate surface area is 131 Å². The number of carboxylic acid groups (broad SMARTS) is 1. The van der Waals surface area contributed by atoms with Crippen LogP contribution in [0.3, 0.4) is 0 Å². The van der Waals surface area contributed by atoms with Crippen LogP contribution in [0.5, 0.6) is 0 Å². The summed E-state index contributed by atoms with van der Waals surface area (Å²) in [5.41, 5.74) is 10.9. The number of piperidine rings is 1. The van der Waals surface area contributed by atoms with Crippen molar-refractivity contribution in [2.75, 3.05) is 53.0 Å². The fraction of sp³-hybridized carbons (Fsp3) is 0.857. The van der Waals surface area contributed by atoms with Crippen LogP contribution in [-0.2, 0) is 4.79 Å². The van der Waals surface area contributed by atoms with Gasteiger partial charge in [-0.2, -0.15) is 0 Å². The molecule has 0 unspecified atom stereocenters. The van der Waals surface area contributed by atoms with Crippen molar-refractivity contribution in [1.82, 2.24) is 14.7 Å². The molecule has 5 N–H and O–H groups in total. The van der Waals surface area contributed by atoms with Gasteiger partial charge < -0.3 is 26.4 Å². The lowest BCUT2D eigenvalue weighted by Gasteiger charge is -2.35. The maximum absolute atomic E-state index is 11.1. The van der Waals surface area contributed by atoms with Gasteiger partial charge in [0.1, 0.15) is 5.54 Å². The molecule has 0 radical (unpaired) electrons. The largest absolute Gasteiger partial charge is 0.480 e. The predicted octanol–water partition coefficient (Wildman–Crippen LogP) is -1.23. The van der Waals surface area contributed by atoms with Crippen molar-refractivity contribution in [3.05, 3.63) is 0 Å². The van der Waals surface area contributed by atoms with E-state index >= 15 is 0 Å². The minimum Gasteiger partial charge on any atom is -0.480 e. The number of aliphatic carboxylic acids is 1. The molecule has 0 atom stereocenters. The van der Waals surface area contributed by atoms with E-state index in [1.54, 1.807) is 0 Å². The first kappa shape index (κ1) is 17.0. The third kappa shape index (κ3) is 4.31. The van der Waals surface area contributed by atoms with Crippen molar-refractivity contribution >= 4 is 11.9 Å². The normalized spacial score (nSPS) is 25.0. The van der Waals surface area contributed by atoms with Crippen LogP contribution in [0.2, 0.25) is 0 Å². The number of carbonyl (C=O) groups is 1. The number of hydrogen-bond donors (Lipinski definition) is 3. The van der Waals surface area contributed by atoms with Crippen LogP contribution >= 0.6 is 0 Å². The van der Waals surface area contributed by atoms with E-state index in [4.69, 9.17) is 16.6 Å². The van der Waals surface area contributed by atoms with Crippen molar-refractivity contribution in [3.63, 3.8) is 0 Å². The third-order valence-electron chi connectivity index (χ3n) is 4.65. The van der Waals surface area contributed by atoms with Crippen LogP contribution < -0.4 is 11.5 Å². The molecule has 2 fully saturated rings. The lowest BCUT2D eigenvalue weighted by Crippen LogP contribution is -2.55. The second-order valence-electron chi connectivity index (χ2n) is 6.38. The molecule has 2 saturated heterocycles. The summed E-state index contributed by atoms with van der Waals surface area (Å²) < 4.78 is 0. The second-order valence-corrected chi connectivity index (χ2v) is 6.38. The van der Waals surface area contributed by atoms with Crippen LogP contribution in [0.25, 0.3) is 0 Å². The molecule has 2 rings (SSSR count). The highest BCUT2D eigenvalue weighted by atomic mass is 16.4. The van der Waals surface area contributed by atoms with E-state index in [1.807, 2.05) is 0 Å². The first-order valence-electron chi connectivity index (χ1n) is 7.89. The van der Waals surface area contributed by atoms with Gasteiger partial charge >= 0.3 is 5.97 Å². The Kier molecular flexibility index (Phi) is 5.60. The molecule has 0 amide bonds. The molecule has 2 aliphatic rings. The highest BCUT2D eigenvalue weighted by Crippen LogP contribution is 2.19. The summed E-state index contributed by atoms with van der Waals surface area (Å²) in [6.45, 7) is 5.71. The van der Waals surface area contributed by atoms with E-state index in [-0.39, 0.29) is 0 Å². The molecular formula is C14H28N6O2. The maximum atomic E-state index is 11.1. The van der Waals surface area contributed by atoms with Crippen molar-refractivity contribution in [2.45, 2.75) is 24.8 Å². The first-order chi connectivity index (χ1) is 10.4. The number of hydrogen-bond acceptors (Lipinski definition) is 5. The van der Waals surface area contributed by atoms with Crippen molar-refractivity contribution in [3.8, 4) is 0 Å². The number of nitrogens with two attached hydrogens (primary N) is 2. The number of nitrogens with zero attached hydrogens (tertiary/aromatic N) is 4. The van der Waals surface area contributed by atoms with Gasteiger partial charge in [-0.3, -0.25) is 9.69 Å². The molecule has 0 aromatic heterocycles. The summed E-state index contributed by atoms with van der Waals surface area (Å²) in [4.78, 5) is 22.1. The molecule has 0 aromatic rings. The van der Waals surface area contributed by atoms with E-state index in [1.165, 1.54) is 0 Å². The van der Waals surface area contributed by atoms with Gasteiger partial charge in [0, 0.05) is 32.7 Å². The zero-order valence-corrected chi connectivity index (χ0v) is 13.4. The molecule has 0 aromatic carbocycles. The van der Waals surface area contributed by atoms with Crippen LogP contribution in [0.15, 0.2) is 4.99 Å². The molecule has 2 aliphatic heterocycles. The van der Waals surface area contributed by atoms with Gasteiger partial charge in [0.2, 0.25) is 0 Å². The number of likely N-dealkylation sites (tertiary alicyclic amines) is 1. The molecule has 22 heavy (non-hydrogen) atoms. The number of likely N-dealkylation sites (N-methyl/N-ethyl adjacent to an activating group) is 1. The minimum atomic E-state index is -1.08. The van der Waals surface area contributed by atoms with Crippen LogP contribution in [-0.4, -0.2) is 90.3 Å². The Bertz CT molecular complexity index is 420. The van der Waals surface area contributed by atoms with E-state index in [0.29, 0.717) is 38.6 Å². The third-order valence-corrected chi connectivity index (χ3v) is 4.65. The molecule has 8 heteroatoms. The Morgan fingerprint density at radius 1 is 1.18 bits per heavy atom. The number of guanidine groups is 1. The molecule has 0 spiro atoms. The predicted molar refractivity (Wildman–Crippen MR) is 85.5 cm³/mol. The van der Waals surface area contributed by atoms with Gasteiger partial charge in [-0.05, 0) is 32.9 Å². The summed E-state index contributed by atoms with van der Waals surface area (Å²) in [6, 6.07) is 0. The van der Waals surface area contributed by atoms with Crippen molar-refractivity contribution in [2.24, 2.45) is 16.5 Å². The Hall–Kier alpha value is -1.38. The molecule has 0 saturated carbocycles. The quantitative estimate of drug-likeness (QED) is 0.442. The van der Waals surface area contributed by atoms with E-state index < -0.39 is 11.5 Å². The highest BCUT2D eigenvalue weighted by molar-refractivity contribution is 5.79. The molecular weight excluding hydrogens is 284 g/mol. The molecule has 126 valence electrons. The van der Waals surface area contributed by atoms with E-state index in [0.717, 1.165) is 32.6 Å². The monoisotopic (exact) mass is 312 g/mol. The number of carboxylic acids is 1. The highest BCUT2D eigenvalue weighted by Gasteiger charge is 2.37. The zero-order chi connectivity index (χ0) is 16.2. The maximum Gasteiger partial charge on any atom is 0.323 e. The average molecular weight is 312 g/mol. The van der Waals surface area contributed by atoms with E-state index in [2.05, 4.69) is 26.7 Å². The minimum absolute atomic E-state index is 0.451. The van der Waals surface area contributed by atoms with Gasteiger partial charge in [-0.15, -0.1) is 0 Å². The van der Waals surface area contributed by atoms with Crippen molar-refractivity contribution in [1.29, 1.82) is 0 Å². The lowest BCUT2D eigenvalue weighted by atomic mass is 9.89. The molecule has 8 nitrogen and oxygen atoms in total. The van der Waals surface area contributed by atoms with Crippen LogP contribution in [0.1, 0.15) is 19.3 Å². The Morgan fingerprint density at radius 3 is 2.50 bits per heavy atom. The van der Waals surface area contributed by atoms with Gasteiger partial charge in [0.15, 0.2) is 5.96 Å². The second kappa shape index (κ2) is 7.26. The summed E-state index contributed by atoms with van der Waals surface area (Å²) in [6.07, 6.45) is 1.99. The molecule has 0 aliphatic carbocycles. The van der Waals surface area contributed by atoms with Gasteiger partial charge in [0.05, 0.1) is 6.67 Å². The molecule has 0 bridgehead atoms. The summed E-state index contributed by atoms with van der Waals surface area (Å²) in [5, 5.41) is 9.12. The van der Waals surface area contributed by atoms with Gasteiger partial charge in [-0.25, -0.2) is 4.99 Å². The fourth-order valence-electron chi connectivity index (χ4n) is 2.86.